The van der Waals surface area contributed by atoms with Gasteiger partial charge in [0.15, 0.2) is 0 Å². The standard InChI is InChI=1S/C25H27N9O2/c1-24(2)15-33(21(35)25(14-26)6-7-25)9-5-18(24)29-22-30-20(36-3)19-17(4-10-34(19)31-22)16-12-28-23-27-8-11-32(23)13-16/h4,8,10-13,18H,5-7,9,15H2,1-3H3,(H,29,31)/t18-/m0/s1. The van der Waals surface area contributed by atoms with Crippen LogP contribution in [0.5, 0.6) is 5.88 Å². The van der Waals surface area contributed by atoms with E-state index in [1.807, 2.05) is 34.0 Å². The van der Waals surface area contributed by atoms with Gasteiger partial charge in [-0.3, -0.25) is 9.20 Å². The summed E-state index contributed by atoms with van der Waals surface area (Å²) in [5, 5.41) is 17.6. The van der Waals surface area contributed by atoms with Gasteiger partial charge in [-0.15, -0.1) is 5.10 Å². The topological polar surface area (TPSA) is 126 Å². The minimum Gasteiger partial charge on any atom is -0.479 e. The second-order valence-electron chi connectivity index (χ2n) is 10.3. The highest BCUT2D eigenvalue weighted by atomic mass is 16.5. The number of anilines is 1. The Kier molecular flexibility index (Phi) is 4.90. The van der Waals surface area contributed by atoms with Crippen LogP contribution < -0.4 is 10.1 Å². The van der Waals surface area contributed by atoms with E-state index in [1.54, 1.807) is 24.0 Å². The molecular weight excluding hydrogens is 458 g/mol. The maximum atomic E-state index is 12.9. The number of fused-ring (bicyclic) bond motifs is 2. The average Bonchev–Trinajstić information content (AvgIpc) is 3.33. The van der Waals surface area contributed by atoms with Gasteiger partial charge in [0.1, 0.15) is 10.9 Å². The molecule has 5 heterocycles. The van der Waals surface area contributed by atoms with Crippen molar-refractivity contribution in [3.05, 3.63) is 37.1 Å². The highest BCUT2D eigenvalue weighted by molar-refractivity contribution is 5.88. The molecule has 0 unspecified atom stereocenters. The molecule has 1 saturated heterocycles. The van der Waals surface area contributed by atoms with Crippen LogP contribution in [-0.2, 0) is 4.79 Å². The molecule has 184 valence electrons. The van der Waals surface area contributed by atoms with Gasteiger partial charge in [-0.1, -0.05) is 13.8 Å². The molecule has 0 spiro atoms. The van der Waals surface area contributed by atoms with E-state index in [1.165, 1.54) is 0 Å². The minimum absolute atomic E-state index is 0.0286. The largest absolute Gasteiger partial charge is 0.479 e. The average molecular weight is 486 g/mol. The normalized spacial score (nSPS) is 20.3. The SMILES string of the molecule is COc1nc(N[C@H]2CCN(C(=O)C3(C#N)CC3)CC2(C)C)nn2ccc(-c3cnc4nccn4c3)c12. The van der Waals surface area contributed by atoms with Gasteiger partial charge in [0, 0.05) is 66.7 Å². The fourth-order valence-corrected chi connectivity index (χ4v) is 5.14. The monoisotopic (exact) mass is 485 g/mol. The summed E-state index contributed by atoms with van der Waals surface area (Å²) in [4.78, 5) is 28.0. The molecule has 4 aromatic heterocycles. The number of rotatable bonds is 5. The van der Waals surface area contributed by atoms with Crippen LogP contribution in [0.3, 0.4) is 0 Å². The predicted molar refractivity (Wildman–Crippen MR) is 131 cm³/mol. The zero-order chi connectivity index (χ0) is 25.1. The van der Waals surface area contributed by atoms with E-state index in [9.17, 15) is 10.1 Å². The lowest BCUT2D eigenvalue weighted by Gasteiger charge is -2.45. The molecule has 1 amide bonds. The highest BCUT2D eigenvalue weighted by Crippen LogP contribution is 2.47. The van der Waals surface area contributed by atoms with Crippen LogP contribution in [0.2, 0.25) is 0 Å². The number of carbonyl (C=O) groups is 1. The Morgan fingerprint density at radius 2 is 2.11 bits per heavy atom. The van der Waals surface area contributed by atoms with Crippen LogP contribution in [0.4, 0.5) is 5.95 Å². The zero-order valence-electron chi connectivity index (χ0n) is 20.5. The molecule has 1 aliphatic heterocycles. The molecule has 1 atom stereocenters. The Balaban J connectivity index is 1.26. The van der Waals surface area contributed by atoms with Crippen LogP contribution in [-0.4, -0.2) is 66.0 Å². The van der Waals surface area contributed by atoms with Gasteiger partial charge < -0.3 is 15.0 Å². The van der Waals surface area contributed by atoms with Gasteiger partial charge in [-0.05, 0) is 25.3 Å². The number of piperidine rings is 1. The zero-order valence-corrected chi connectivity index (χ0v) is 20.5. The first-order chi connectivity index (χ1) is 17.3. The molecule has 0 aromatic carbocycles. The molecule has 1 aliphatic carbocycles. The first-order valence-electron chi connectivity index (χ1n) is 12.0. The lowest BCUT2D eigenvalue weighted by atomic mass is 9.78. The molecule has 11 heteroatoms. The Bertz CT molecular complexity index is 1530. The van der Waals surface area contributed by atoms with Crippen molar-refractivity contribution in [2.75, 3.05) is 25.5 Å². The summed E-state index contributed by atoms with van der Waals surface area (Å²) >= 11 is 0. The van der Waals surface area contributed by atoms with Crippen LogP contribution in [0.15, 0.2) is 37.1 Å². The quantitative estimate of drug-likeness (QED) is 0.457. The Morgan fingerprint density at radius 3 is 2.83 bits per heavy atom. The first-order valence-corrected chi connectivity index (χ1v) is 12.0. The molecule has 1 N–H and O–H groups in total. The summed E-state index contributed by atoms with van der Waals surface area (Å²) in [6.07, 6.45) is 11.2. The Labute approximate surface area is 207 Å². The first kappa shape index (κ1) is 22.3. The number of methoxy groups -OCH3 is 1. The van der Waals surface area contributed by atoms with Crippen molar-refractivity contribution < 1.29 is 9.53 Å². The van der Waals surface area contributed by atoms with Crippen LogP contribution in [0, 0.1) is 22.2 Å². The molecule has 2 aliphatic rings. The number of carbonyl (C=O) groups excluding carboxylic acids is 1. The van der Waals surface area contributed by atoms with Crippen molar-refractivity contribution in [1.29, 1.82) is 5.26 Å². The lowest BCUT2D eigenvalue weighted by molar-refractivity contribution is -0.138. The minimum atomic E-state index is -0.790. The summed E-state index contributed by atoms with van der Waals surface area (Å²) in [5.74, 6) is 1.51. The number of imidazole rings is 1. The number of hydrogen-bond acceptors (Lipinski definition) is 8. The van der Waals surface area contributed by atoms with Crippen molar-refractivity contribution in [2.45, 2.75) is 39.2 Å². The second-order valence-corrected chi connectivity index (χ2v) is 10.3. The Morgan fingerprint density at radius 1 is 1.28 bits per heavy atom. The lowest BCUT2D eigenvalue weighted by Crippen LogP contribution is -2.54. The van der Waals surface area contributed by atoms with E-state index < -0.39 is 5.41 Å². The van der Waals surface area contributed by atoms with E-state index in [4.69, 9.17) is 9.84 Å². The van der Waals surface area contributed by atoms with E-state index in [-0.39, 0.29) is 17.4 Å². The number of nitrogens with zero attached hydrogens (tertiary/aromatic N) is 8. The summed E-state index contributed by atoms with van der Waals surface area (Å²) in [6, 6.07) is 4.24. The molecule has 6 rings (SSSR count). The van der Waals surface area contributed by atoms with E-state index in [2.05, 4.69) is 40.2 Å². The number of ether oxygens (including phenoxy) is 1. The molecule has 4 aromatic rings. The van der Waals surface area contributed by atoms with E-state index in [0.717, 1.165) is 23.1 Å². The van der Waals surface area contributed by atoms with Crippen molar-refractivity contribution in [1.82, 2.24) is 33.9 Å². The fraction of sp³-hybridized carbons (Fsp3) is 0.440. The van der Waals surface area contributed by atoms with Gasteiger partial charge in [0.2, 0.25) is 23.5 Å². The third-order valence-electron chi connectivity index (χ3n) is 7.42. The number of hydrogen-bond donors (Lipinski definition) is 1. The Hall–Kier alpha value is -4.20. The van der Waals surface area contributed by atoms with Gasteiger partial charge in [-0.25, -0.2) is 14.5 Å². The van der Waals surface area contributed by atoms with Gasteiger partial charge >= 0.3 is 0 Å². The van der Waals surface area contributed by atoms with Crippen molar-refractivity contribution in [3.63, 3.8) is 0 Å². The summed E-state index contributed by atoms with van der Waals surface area (Å²) < 4.78 is 9.30. The molecule has 36 heavy (non-hydrogen) atoms. The van der Waals surface area contributed by atoms with Crippen molar-refractivity contribution in [2.24, 2.45) is 10.8 Å². The number of amides is 1. The van der Waals surface area contributed by atoms with Crippen molar-refractivity contribution in [3.8, 4) is 23.1 Å². The summed E-state index contributed by atoms with van der Waals surface area (Å²) in [7, 11) is 1.59. The maximum Gasteiger partial charge on any atom is 0.244 e. The summed E-state index contributed by atoms with van der Waals surface area (Å²) in [5.41, 5.74) is 1.52. The number of nitriles is 1. The molecule has 11 nitrogen and oxygen atoms in total. The van der Waals surface area contributed by atoms with Gasteiger partial charge in [0.25, 0.3) is 0 Å². The van der Waals surface area contributed by atoms with E-state index in [0.29, 0.717) is 43.5 Å². The molecule has 2 fully saturated rings. The molecule has 0 radical (unpaired) electrons. The predicted octanol–water partition coefficient (Wildman–Crippen LogP) is 2.79. The smallest absolute Gasteiger partial charge is 0.244 e. The molecule has 1 saturated carbocycles. The number of likely N-dealkylation sites (tertiary alicyclic amines) is 1. The maximum absolute atomic E-state index is 12.9. The van der Waals surface area contributed by atoms with Crippen LogP contribution in [0.25, 0.3) is 22.4 Å². The van der Waals surface area contributed by atoms with Crippen LogP contribution in [0.1, 0.15) is 33.1 Å². The second kappa shape index (κ2) is 7.91. The van der Waals surface area contributed by atoms with Gasteiger partial charge in [0.05, 0.1) is 13.2 Å². The number of nitrogens with one attached hydrogen (secondary N) is 1. The highest BCUT2D eigenvalue weighted by Gasteiger charge is 2.54. The third-order valence-corrected chi connectivity index (χ3v) is 7.42. The molecule has 0 bridgehead atoms. The van der Waals surface area contributed by atoms with E-state index >= 15 is 0 Å². The van der Waals surface area contributed by atoms with Crippen molar-refractivity contribution >= 4 is 23.1 Å². The molecular formula is C25H27N9O2. The fourth-order valence-electron chi connectivity index (χ4n) is 5.14. The van der Waals surface area contributed by atoms with Crippen LogP contribution >= 0.6 is 0 Å². The summed E-state index contributed by atoms with van der Waals surface area (Å²) in [6.45, 7) is 5.42. The number of aromatic nitrogens is 6. The van der Waals surface area contributed by atoms with Gasteiger partial charge in [-0.2, -0.15) is 10.2 Å². The third kappa shape index (κ3) is 3.52.